The van der Waals surface area contributed by atoms with Crippen molar-refractivity contribution in [2.75, 3.05) is 20.3 Å². The van der Waals surface area contributed by atoms with Crippen LogP contribution in [0.5, 0.6) is 11.5 Å². The zero-order valence-corrected chi connectivity index (χ0v) is 21.9. The molecule has 7 nitrogen and oxygen atoms in total. The first-order valence-electron chi connectivity index (χ1n) is 12.7. The van der Waals surface area contributed by atoms with Gasteiger partial charge in [-0.25, -0.2) is 4.39 Å². The van der Waals surface area contributed by atoms with E-state index in [1.54, 1.807) is 47.4 Å². The number of hydrogen-bond acceptors (Lipinski definition) is 6. The lowest BCUT2D eigenvalue weighted by atomic mass is 10.0. The molecule has 0 spiro atoms. The first-order chi connectivity index (χ1) is 18.4. The van der Waals surface area contributed by atoms with Crippen LogP contribution in [0.4, 0.5) is 4.39 Å². The number of para-hydroxylation sites is 1. The van der Waals surface area contributed by atoms with Crippen molar-refractivity contribution in [2.24, 2.45) is 0 Å². The molecule has 0 saturated carbocycles. The second-order valence-electron chi connectivity index (χ2n) is 9.37. The fraction of sp³-hybridized carbons (Fsp3) is 0.333. The highest BCUT2D eigenvalue weighted by Gasteiger charge is 2.37. The lowest BCUT2D eigenvalue weighted by Crippen LogP contribution is -2.40. The van der Waals surface area contributed by atoms with Gasteiger partial charge in [-0.15, -0.1) is 0 Å². The largest absolute Gasteiger partial charge is 0.469 e. The molecule has 8 heteroatoms. The summed E-state index contributed by atoms with van der Waals surface area (Å²) in [5.74, 6) is -0.525. The van der Waals surface area contributed by atoms with E-state index in [1.165, 1.54) is 13.2 Å². The van der Waals surface area contributed by atoms with E-state index in [9.17, 15) is 14.0 Å². The van der Waals surface area contributed by atoms with E-state index in [0.717, 1.165) is 5.56 Å². The van der Waals surface area contributed by atoms with Crippen LogP contribution in [-0.2, 0) is 14.3 Å². The number of carbonyl (C=O) groups excluding carboxylic acids is 2. The minimum absolute atomic E-state index is 0.0237. The summed E-state index contributed by atoms with van der Waals surface area (Å²) in [5.41, 5.74) is 2.06. The summed E-state index contributed by atoms with van der Waals surface area (Å²) < 4.78 is 31.1. The van der Waals surface area contributed by atoms with Gasteiger partial charge in [0.25, 0.3) is 5.91 Å². The minimum Gasteiger partial charge on any atom is -0.469 e. The standard InChI is InChI=1S/C30H33FN2O5/c1-20(2)37-17-9-16-33-29(23-12-7-8-13-24(23)30(33)35)32-26(19-28(34)36-3)21-14-15-25(31)27(18-21)38-22-10-5-4-6-11-22/h4-8,10-15,18,20,26,29,32H,9,16-17,19H2,1-3H3. The number of ether oxygens (including phenoxy) is 3. The number of fused-ring (bicyclic) bond motifs is 1. The molecule has 4 rings (SSSR count). The normalized spacial score (nSPS) is 15.4. The van der Waals surface area contributed by atoms with E-state index in [-0.39, 0.29) is 24.2 Å². The summed E-state index contributed by atoms with van der Waals surface area (Å²) in [4.78, 5) is 27.5. The molecule has 200 valence electrons. The molecule has 0 aliphatic carbocycles. The maximum Gasteiger partial charge on any atom is 0.307 e. The number of nitrogens with one attached hydrogen (secondary N) is 1. The van der Waals surface area contributed by atoms with Gasteiger partial charge in [0.1, 0.15) is 11.9 Å². The third-order valence-corrected chi connectivity index (χ3v) is 6.34. The van der Waals surface area contributed by atoms with Crippen molar-refractivity contribution in [3.8, 4) is 11.5 Å². The van der Waals surface area contributed by atoms with Crippen molar-refractivity contribution in [1.82, 2.24) is 10.2 Å². The third kappa shape index (κ3) is 6.57. The highest BCUT2D eigenvalue weighted by molar-refractivity contribution is 5.99. The van der Waals surface area contributed by atoms with Crippen molar-refractivity contribution in [2.45, 2.75) is 45.0 Å². The molecule has 0 radical (unpaired) electrons. The predicted molar refractivity (Wildman–Crippen MR) is 141 cm³/mol. The van der Waals surface area contributed by atoms with Crippen LogP contribution in [0.15, 0.2) is 72.8 Å². The Balaban J connectivity index is 1.63. The van der Waals surface area contributed by atoms with Crippen LogP contribution in [0.2, 0.25) is 0 Å². The molecule has 0 aromatic heterocycles. The molecule has 1 aliphatic rings. The summed E-state index contributed by atoms with van der Waals surface area (Å²) in [6.45, 7) is 4.93. The molecule has 0 saturated heterocycles. The zero-order chi connectivity index (χ0) is 27.1. The molecule has 2 unspecified atom stereocenters. The van der Waals surface area contributed by atoms with E-state index < -0.39 is 24.0 Å². The van der Waals surface area contributed by atoms with Gasteiger partial charge in [-0.2, -0.15) is 0 Å². The first kappa shape index (κ1) is 27.3. The smallest absolute Gasteiger partial charge is 0.307 e. The summed E-state index contributed by atoms with van der Waals surface area (Å²) in [6.07, 6.45) is 0.245. The summed E-state index contributed by atoms with van der Waals surface area (Å²) in [7, 11) is 1.32. The average molecular weight is 521 g/mol. The Morgan fingerprint density at radius 1 is 1.05 bits per heavy atom. The molecule has 3 aromatic rings. The van der Waals surface area contributed by atoms with Crippen LogP contribution in [0.1, 0.15) is 60.4 Å². The van der Waals surface area contributed by atoms with Gasteiger partial charge in [0.15, 0.2) is 11.6 Å². The Morgan fingerprint density at radius 3 is 2.53 bits per heavy atom. The van der Waals surface area contributed by atoms with E-state index in [4.69, 9.17) is 14.2 Å². The molecular weight excluding hydrogens is 487 g/mol. The molecule has 0 bridgehead atoms. The molecule has 1 amide bonds. The van der Waals surface area contributed by atoms with Crippen LogP contribution < -0.4 is 10.1 Å². The van der Waals surface area contributed by atoms with Gasteiger partial charge in [-0.1, -0.05) is 42.5 Å². The van der Waals surface area contributed by atoms with Crippen molar-refractivity contribution in [1.29, 1.82) is 0 Å². The Labute approximate surface area is 222 Å². The van der Waals surface area contributed by atoms with Gasteiger partial charge in [0, 0.05) is 30.3 Å². The van der Waals surface area contributed by atoms with E-state index in [2.05, 4.69) is 5.32 Å². The SMILES string of the molecule is COC(=O)CC(NC1c2ccccc2C(=O)N1CCCOC(C)C)c1ccc(F)c(Oc2ccccc2)c1. The van der Waals surface area contributed by atoms with Gasteiger partial charge < -0.3 is 19.1 Å². The molecule has 0 fully saturated rings. The Kier molecular flexibility index (Phi) is 9.10. The maximum absolute atomic E-state index is 14.7. The van der Waals surface area contributed by atoms with Crippen LogP contribution >= 0.6 is 0 Å². The number of esters is 1. The van der Waals surface area contributed by atoms with Gasteiger partial charge in [0.2, 0.25) is 0 Å². The summed E-state index contributed by atoms with van der Waals surface area (Å²) in [6, 6.07) is 20.2. The van der Waals surface area contributed by atoms with Crippen LogP contribution in [0, 0.1) is 5.82 Å². The summed E-state index contributed by atoms with van der Waals surface area (Å²) in [5, 5.41) is 3.48. The lowest BCUT2D eigenvalue weighted by Gasteiger charge is -2.31. The molecule has 1 N–H and O–H groups in total. The van der Waals surface area contributed by atoms with Gasteiger partial charge in [-0.05, 0) is 56.2 Å². The first-order valence-corrected chi connectivity index (χ1v) is 12.7. The van der Waals surface area contributed by atoms with Crippen LogP contribution in [-0.4, -0.2) is 43.1 Å². The second kappa shape index (κ2) is 12.7. The Bertz CT molecular complexity index is 1250. The number of benzene rings is 3. The van der Waals surface area contributed by atoms with Crippen molar-refractivity contribution in [3.05, 3.63) is 95.3 Å². The van der Waals surface area contributed by atoms with Crippen molar-refractivity contribution in [3.63, 3.8) is 0 Å². The number of methoxy groups -OCH3 is 1. The number of nitrogens with zero attached hydrogens (tertiary/aromatic N) is 1. The van der Waals surface area contributed by atoms with E-state index >= 15 is 0 Å². The Morgan fingerprint density at radius 2 is 1.79 bits per heavy atom. The fourth-order valence-corrected chi connectivity index (χ4v) is 4.48. The highest BCUT2D eigenvalue weighted by Crippen LogP contribution is 2.36. The van der Waals surface area contributed by atoms with Gasteiger partial charge in [0.05, 0.1) is 19.6 Å². The topological polar surface area (TPSA) is 77.1 Å². The van der Waals surface area contributed by atoms with E-state index in [0.29, 0.717) is 36.4 Å². The molecule has 38 heavy (non-hydrogen) atoms. The number of hydrogen-bond donors (Lipinski definition) is 1. The monoisotopic (exact) mass is 520 g/mol. The maximum atomic E-state index is 14.7. The molecule has 2 atom stereocenters. The average Bonchev–Trinajstić information content (AvgIpc) is 3.18. The molecule has 1 heterocycles. The van der Waals surface area contributed by atoms with Crippen LogP contribution in [0.3, 0.4) is 0 Å². The second-order valence-corrected chi connectivity index (χ2v) is 9.37. The van der Waals surface area contributed by atoms with E-state index in [1.807, 2.05) is 38.1 Å². The van der Waals surface area contributed by atoms with Gasteiger partial charge in [-0.3, -0.25) is 14.9 Å². The fourth-order valence-electron chi connectivity index (χ4n) is 4.48. The Hall–Kier alpha value is -3.75. The number of rotatable bonds is 12. The van der Waals surface area contributed by atoms with Crippen LogP contribution in [0.25, 0.3) is 0 Å². The zero-order valence-electron chi connectivity index (χ0n) is 21.9. The molecule has 3 aromatic carbocycles. The van der Waals surface area contributed by atoms with Crippen molar-refractivity contribution >= 4 is 11.9 Å². The van der Waals surface area contributed by atoms with Crippen molar-refractivity contribution < 1.29 is 28.2 Å². The molecule has 1 aliphatic heterocycles. The number of carbonyl (C=O) groups is 2. The lowest BCUT2D eigenvalue weighted by molar-refractivity contribution is -0.141. The number of halogens is 1. The quantitative estimate of drug-likeness (QED) is 0.241. The highest BCUT2D eigenvalue weighted by atomic mass is 19.1. The molecular formula is C30H33FN2O5. The summed E-state index contributed by atoms with van der Waals surface area (Å²) >= 11 is 0. The number of amides is 1. The minimum atomic E-state index is -0.584. The predicted octanol–water partition coefficient (Wildman–Crippen LogP) is 5.78. The third-order valence-electron chi connectivity index (χ3n) is 6.34. The van der Waals surface area contributed by atoms with Gasteiger partial charge >= 0.3 is 5.97 Å².